The summed E-state index contributed by atoms with van der Waals surface area (Å²) >= 11 is 12.5. The van der Waals surface area contributed by atoms with Gasteiger partial charge in [0, 0.05) is 16.7 Å². The van der Waals surface area contributed by atoms with Gasteiger partial charge in [-0.15, -0.1) is 0 Å². The second-order valence-electron chi connectivity index (χ2n) is 7.29. The number of ether oxygens (including phenoxy) is 1. The van der Waals surface area contributed by atoms with Crippen molar-refractivity contribution >= 4 is 34.5 Å². The molecule has 0 saturated carbocycles. The van der Waals surface area contributed by atoms with Crippen LogP contribution in [0.3, 0.4) is 0 Å². The number of benzene rings is 3. The molecule has 0 fully saturated rings. The average Bonchev–Trinajstić information content (AvgIpc) is 3.15. The number of para-hydroxylation sites is 2. The number of methoxy groups -OCH3 is 1. The lowest BCUT2D eigenvalue weighted by Gasteiger charge is -2.19. The summed E-state index contributed by atoms with van der Waals surface area (Å²) in [5, 5.41) is 0.666. The molecule has 0 amide bonds. The number of thiocarbonyl (C=S) groups is 1. The highest BCUT2D eigenvalue weighted by Gasteiger charge is 2.32. The van der Waals surface area contributed by atoms with Crippen molar-refractivity contribution in [2.75, 3.05) is 12.0 Å². The maximum atomic E-state index is 6.50. The summed E-state index contributed by atoms with van der Waals surface area (Å²) in [6.07, 6.45) is 0. The van der Waals surface area contributed by atoms with Crippen molar-refractivity contribution in [1.82, 2.24) is 4.98 Å². The Kier molecular flexibility index (Phi) is 5.18. The Balaban J connectivity index is 1.73. The lowest BCUT2D eigenvalue weighted by molar-refractivity contribution is 0.416. The molecular weight excluding hydrogens is 424 g/mol. The molecule has 4 aromatic rings. The fourth-order valence-electron chi connectivity index (χ4n) is 4.01. The van der Waals surface area contributed by atoms with E-state index in [1.54, 1.807) is 7.11 Å². The molecule has 1 aliphatic rings. The number of pyridine rings is 1. The van der Waals surface area contributed by atoms with Crippen LogP contribution in [0.15, 0.2) is 84.9 Å². The maximum Gasteiger partial charge on any atom is 0.126 e. The van der Waals surface area contributed by atoms with Gasteiger partial charge >= 0.3 is 0 Å². The minimum Gasteiger partial charge on any atom is -0.496 e. The molecule has 0 N–H and O–H groups in total. The molecule has 2 heterocycles. The smallest absolute Gasteiger partial charge is 0.126 e. The number of fused-ring (bicyclic) bond motifs is 1. The van der Waals surface area contributed by atoms with E-state index in [9.17, 15) is 0 Å². The molecule has 0 radical (unpaired) electrons. The zero-order chi connectivity index (χ0) is 21.4. The normalized spacial score (nSPS) is 12.7. The molecule has 3 aromatic carbocycles. The van der Waals surface area contributed by atoms with E-state index in [0.29, 0.717) is 11.6 Å². The average molecular weight is 443 g/mol. The van der Waals surface area contributed by atoms with Crippen LogP contribution in [0.25, 0.3) is 22.4 Å². The van der Waals surface area contributed by atoms with E-state index in [0.717, 1.165) is 50.1 Å². The molecule has 0 bridgehead atoms. The lowest BCUT2D eigenvalue weighted by Crippen LogP contribution is -2.22. The van der Waals surface area contributed by atoms with Gasteiger partial charge in [0.15, 0.2) is 0 Å². The topological polar surface area (TPSA) is 25.4 Å². The molecule has 0 saturated heterocycles. The Morgan fingerprint density at radius 3 is 2.39 bits per heavy atom. The third kappa shape index (κ3) is 3.48. The van der Waals surface area contributed by atoms with Gasteiger partial charge in [-0.3, -0.25) is 4.98 Å². The van der Waals surface area contributed by atoms with Gasteiger partial charge in [0.25, 0.3) is 0 Å². The Morgan fingerprint density at radius 2 is 1.61 bits per heavy atom. The van der Waals surface area contributed by atoms with E-state index in [1.165, 1.54) is 0 Å². The van der Waals surface area contributed by atoms with Crippen LogP contribution in [0.5, 0.6) is 5.75 Å². The summed E-state index contributed by atoms with van der Waals surface area (Å²) in [5.74, 6) is 0.800. The van der Waals surface area contributed by atoms with E-state index >= 15 is 0 Å². The number of aromatic nitrogens is 1. The van der Waals surface area contributed by atoms with Crippen LogP contribution in [-0.2, 0) is 6.54 Å². The molecule has 5 heteroatoms. The molecule has 3 nitrogen and oxygen atoms in total. The molecule has 5 rings (SSSR count). The Morgan fingerprint density at radius 1 is 0.903 bits per heavy atom. The highest BCUT2D eigenvalue weighted by atomic mass is 35.5. The van der Waals surface area contributed by atoms with E-state index in [-0.39, 0.29) is 0 Å². The zero-order valence-corrected chi connectivity index (χ0v) is 18.5. The van der Waals surface area contributed by atoms with Crippen molar-refractivity contribution in [3.8, 4) is 28.1 Å². The highest BCUT2D eigenvalue weighted by Crippen LogP contribution is 2.41. The monoisotopic (exact) mass is 442 g/mol. The molecular formula is C26H19ClN2OS. The van der Waals surface area contributed by atoms with Crippen LogP contribution in [-0.4, -0.2) is 17.1 Å². The van der Waals surface area contributed by atoms with Crippen molar-refractivity contribution < 1.29 is 4.74 Å². The first kappa shape index (κ1) is 19.7. The Hall–Kier alpha value is -3.21. The fourth-order valence-corrected chi connectivity index (χ4v) is 4.64. The summed E-state index contributed by atoms with van der Waals surface area (Å²) in [6, 6.07) is 28.1. The molecule has 0 aliphatic carbocycles. The molecule has 31 heavy (non-hydrogen) atoms. The molecule has 0 unspecified atom stereocenters. The van der Waals surface area contributed by atoms with Gasteiger partial charge in [0.05, 0.1) is 35.8 Å². The van der Waals surface area contributed by atoms with Gasteiger partial charge in [-0.05, 0) is 29.8 Å². The van der Waals surface area contributed by atoms with Crippen LogP contribution in [0.2, 0.25) is 5.02 Å². The van der Waals surface area contributed by atoms with Crippen molar-refractivity contribution in [3.63, 3.8) is 0 Å². The predicted molar refractivity (Wildman–Crippen MR) is 131 cm³/mol. The van der Waals surface area contributed by atoms with Crippen molar-refractivity contribution in [2.24, 2.45) is 0 Å². The number of nitrogens with zero attached hydrogens (tertiary/aromatic N) is 2. The number of halogens is 1. The van der Waals surface area contributed by atoms with Crippen molar-refractivity contribution in [3.05, 3.63) is 101 Å². The number of anilines is 1. The summed E-state index contributed by atoms with van der Waals surface area (Å²) in [7, 11) is 1.69. The largest absolute Gasteiger partial charge is 0.496 e. The second-order valence-corrected chi connectivity index (χ2v) is 8.08. The summed E-state index contributed by atoms with van der Waals surface area (Å²) in [4.78, 5) is 7.79. The summed E-state index contributed by atoms with van der Waals surface area (Å²) < 4.78 is 5.67. The van der Waals surface area contributed by atoms with Crippen molar-refractivity contribution in [1.29, 1.82) is 0 Å². The molecule has 0 spiro atoms. The second kappa shape index (κ2) is 8.14. The van der Waals surface area contributed by atoms with Crippen LogP contribution in [0.1, 0.15) is 11.3 Å². The number of hydrogen-bond donors (Lipinski definition) is 0. The Bertz CT molecular complexity index is 1290. The van der Waals surface area contributed by atoms with Crippen molar-refractivity contribution in [2.45, 2.75) is 6.54 Å². The fraction of sp³-hybridized carbons (Fsp3) is 0.0769. The van der Waals surface area contributed by atoms with Gasteiger partial charge in [0.2, 0.25) is 0 Å². The standard InChI is InChI=1S/C26H19ClN2OS/c1-30-24-14-8-5-11-18(24)19-15-21(17-9-3-2-4-10-17)28-22-16-29(26(31)25(19)22)23-13-7-6-12-20(23)27/h2-15H,16H2,1H3. The maximum absolute atomic E-state index is 6.50. The number of hydrogen-bond acceptors (Lipinski definition) is 3. The highest BCUT2D eigenvalue weighted by molar-refractivity contribution is 7.81. The van der Waals surface area contributed by atoms with E-state index in [4.69, 9.17) is 33.5 Å². The van der Waals surface area contributed by atoms with Crippen LogP contribution in [0, 0.1) is 0 Å². The van der Waals surface area contributed by atoms with E-state index in [2.05, 4.69) is 29.2 Å². The van der Waals surface area contributed by atoms with Crippen LogP contribution in [0.4, 0.5) is 5.69 Å². The van der Waals surface area contributed by atoms with Gasteiger partial charge in [-0.2, -0.15) is 0 Å². The third-order valence-corrected chi connectivity index (χ3v) is 6.22. The predicted octanol–water partition coefficient (Wildman–Crippen LogP) is 6.77. The summed E-state index contributed by atoms with van der Waals surface area (Å²) in [5.41, 5.74) is 6.75. The van der Waals surface area contributed by atoms with Gasteiger partial charge < -0.3 is 9.64 Å². The third-order valence-electron chi connectivity index (χ3n) is 5.47. The molecule has 152 valence electrons. The van der Waals surface area contributed by atoms with Crippen LogP contribution >= 0.6 is 23.8 Å². The SMILES string of the molecule is COc1ccccc1-c1cc(-c2ccccc2)nc2c1C(=S)N(c1ccccc1Cl)C2. The molecule has 1 aromatic heterocycles. The zero-order valence-electron chi connectivity index (χ0n) is 16.9. The van der Waals surface area contributed by atoms with E-state index < -0.39 is 0 Å². The lowest BCUT2D eigenvalue weighted by atomic mass is 9.96. The minimum absolute atomic E-state index is 0.570. The Labute approximate surface area is 191 Å². The van der Waals surface area contributed by atoms with E-state index in [1.807, 2.05) is 60.7 Å². The minimum atomic E-state index is 0.570. The molecule has 1 aliphatic heterocycles. The number of rotatable bonds is 4. The van der Waals surface area contributed by atoms with Crippen LogP contribution < -0.4 is 9.64 Å². The first-order chi connectivity index (χ1) is 15.2. The quantitative estimate of drug-likeness (QED) is 0.325. The van der Waals surface area contributed by atoms with Gasteiger partial charge in [-0.25, -0.2) is 0 Å². The van der Waals surface area contributed by atoms with Gasteiger partial charge in [0.1, 0.15) is 10.7 Å². The molecule has 0 atom stereocenters. The first-order valence-electron chi connectivity index (χ1n) is 9.96. The van der Waals surface area contributed by atoms with Gasteiger partial charge in [-0.1, -0.05) is 84.5 Å². The first-order valence-corrected chi connectivity index (χ1v) is 10.7. The summed E-state index contributed by atoms with van der Waals surface area (Å²) in [6.45, 7) is 0.570.